The third-order valence-corrected chi connectivity index (χ3v) is 2.93. The fraction of sp³-hybridized carbons (Fsp3) is 0.400. The third kappa shape index (κ3) is 1.01. The molecule has 2 aliphatic rings. The van der Waals surface area contributed by atoms with Crippen molar-refractivity contribution in [1.82, 2.24) is 0 Å². The van der Waals surface area contributed by atoms with Crippen LogP contribution in [0.2, 0.25) is 0 Å². The van der Waals surface area contributed by atoms with Crippen LogP contribution in [0.25, 0.3) is 0 Å². The first-order chi connectivity index (χ1) is 7.70. The lowest BCUT2D eigenvalue weighted by molar-refractivity contribution is -0.386. The molecule has 2 aliphatic heterocycles. The van der Waals surface area contributed by atoms with E-state index >= 15 is 0 Å². The van der Waals surface area contributed by atoms with Gasteiger partial charge in [-0.05, 0) is 0 Å². The minimum atomic E-state index is -0.461. The van der Waals surface area contributed by atoms with Gasteiger partial charge in [-0.25, -0.2) is 0 Å². The van der Waals surface area contributed by atoms with Crippen molar-refractivity contribution >= 4 is 5.69 Å². The van der Waals surface area contributed by atoms with E-state index in [0.29, 0.717) is 37.2 Å². The fourth-order valence-corrected chi connectivity index (χ4v) is 2.25. The third-order valence-electron chi connectivity index (χ3n) is 2.93. The molecule has 0 bridgehead atoms. The number of hydrogen-bond acceptors (Lipinski definition) is 5. The second-order valence-electron chi connectivity index (χ2n) is 3.77. The average Bonchev–Trinajstić information content (AvgIpc) is 2.84. The molecular formula is C10H9NO5. The van der Waals surface area contributed by atoms with Crippen LogP contribution < -0.4 is 9.47 Å². The Balaban J connectivity index is 2.36. The van der Waals surface area contributed by atoms with Gasteiger partial charge in [-0.2, -0.15) is 0 Å². The summed E-state index contributed by atoms with van der Waals surface area (Å²) in [7, 11) is 0. The van der Waals surface area contributed by atoms with Gasteiger partial charge < -0.3 is 14.6 Å². The first kappa shape index (κ1) is 9.26. The molecular weight excluding hydrogens is 214 g/mol. The van der Waals surface area contributed by atoms with Gasteiger partial charge in [0.25, 0.3) is 0 Å². The van der Waals surface area contributed by atoms with Crippen molar-refractivity contribution in [1.29, 1.82) is 0 Å². The molecule has 84 valence electrons. The van der Waals surface area contributed by atoms with E-state index in [1.165, 1.54) is 0 Å². The molecule has 6 nitrogen and oxygen atoms in total. The highest BCUT2D eigenvalue weighted by atomic mass is 16.6. The second-order valence-corrected chi connectivity index (χ2v) is 3.77. The summed E-state index contributed by atoms with van der Waals surface area (Å²) in [5.41, 5.74) is 0.897. The van der Waals surface area contributed by atoms with Crippen LogP contribution in [0.1, 0.15) is 11.1 Å². The summed E-state index contributed by atoms with van der Waals surface area (Å²) in [4.78, 5) is 10.6. The Bertz CT molecular complexity index is 461. The van der Waals surface area contributed by atoms with Gasteiger partial charge in [-0.3, -0.25) is 10.1 Å². The molecule has 16 heavy (non-hydrogen) atoms. The number of rotatable bonds is 1. The van der Waals surface area contributed by atoms with Gasteiger partial charge in [-0.15, -0.1) is 0 Å². The molecule has 0 aromatic heterocycles. The number of benzene rings is 1. The fourth-order valence-electron chi connectivity index (χ4n) is 2.25. The SMILES string of the molecule is O=[N+]([O-])c1c2c(c(O)c3c1OCC3)OCC2. The van der Waals surface area contributed by atoms with E-state index in [0.717, 1.165) is 0 Å². The molecule has 0 saturated heterocycles. The van der Waals surface area contributed by atoms with E-state index in [1.54, 1.807) is 0 Å². The summed E-state index contributed by atoms with van der Waals surface area (Å²) in [5, 5.41) is 20.9. The monoisotopic (exact) mass is 223 g/mol. The van der Waals surface area contributed by atoms with Gasteiger partial charge in [0, 0.05) is 12.8 Å². The predicted molar refractivity (Wildman–Crippen MR) is 53.2 cm³/mol. The molecule has 0 saturated carbocycles. The average molecular weight is 223 g/mol. The molecule has 1 N–H and O–H groups in total. The standard InChI is InChI=1S/C10H9NO5/c12-8-6-2-4-15-9(6)7(11(13)14)5-1-3-16-10(5)8/h12H,1-4H2. The highest BCUT2D eigenvalue weighted by Gasteiger charge is 2.37. The Hall–Kier alpha value is -1.98. The summed E-state index contributed by atoms with van der Waals surface area (Å²) in [6.45, 7) is 0.735. The van der Waals surface area contributed by atoms with Crippen molar-refractivity contribution in [3.05, 3.63) is 21.2 Å². The minimum absolute atomic E-state index is 0.00519. The Kier molecular flexibility index (Phi) is 1.74. The first-order valence-corrected chi connectivity index (χ1v) is 5.01. The molecule has 0 fully saturated rings. The highest BCUT2D eigenvalue weighted by molar-refractivity contribution is 5.71. The summed E-state index contributed by atoms with van der Waals surface area (Å²) in [5.74, 6) is 0.480. The van der Waals surface area contributed by atoms with Gasteiger partial charge in [0.05, 0.1) is 29.3 Å². The van der Waals surface area contributed by atoms with Crippen molar-refractivity contribution in [2.75, 3.05) is 13.2 Å². The van der Waals surface area contributed by atoms with E-state index in [9.17, 15) is 15.2 Å². The van der Waals surface area contributed by atoms with E-state index in [1.807, 2.05) is 0 Å². The molecule has 1 aromatic rings. The summed E-state index contributed by atoms with van der Waals surface area (Å²) in [6.07, 6.45) is 0.925. The molecule has 1 aromatic carbocycles. The van der Waals surface area contributed by atoms with Crippen LogP contribution in [0, 0.1) is 10.1 Å². The number of ether oxygens (including phenoxy) is 2. The summed E-state index contributed by atoms with van der Waals surface area (Å²) < 4.78 is 10.5. The topological polar surface area (TPSA) is 81.8 Å². The molecule has 0 amide bonds. The lowest BCUT2D eigenvalue weighted by Gasteiger charge is -2.08. The smallest absolute Gasteiger partial charge is 0.318 e. The van der Waals surface area contributed by atoms with Crippen LogP contribution in [0.5, 0.6) is 17.2 Å². The molecule has 0 unspecified atom stereocenters. The molecule has 0 aliphatic carbocycles. The second kappa shape index (κ2) is 3.01. The summed E-state index contributed by atoms with van der Waals surface area (Å²) >= 11 is 0. The molecule has 2 heterocycles. The van der Waals surface area contributed by atoms with Gasteiger partial charge >= 0.3 is 5.69 Å². The van der Waals surface area contributed by atoms with Crippen molar-refractivity contribution < 1.29 is 19.5 Å². The number of nitrogens with zero attached hydrogens (tertiary/aromatic N) is 1. The zero-order valence-corrected chi connectivity index (χ0v) is 8.36. The predicted octanol–water partition coefficient (Wildman–Crippen LogP) is 1.17. The Morgan fingerprint density at radius 2 is 1.75 bits per heavy atom. The number of phenolic OH excluding ortho intramolecular Hbond substituents is 1. The largest absolute Gasteiger partial charge is 0.504 e. The lowest BCUT2D eigenvalue weighted by Crippen LogP contribution is -1.97. The van der Waals surface area contributed by atoms with Crippen molar-refractivity contribution in [2.24, 2.45) is 0 Å². The van der Waals surface area contributed by atoms with E-state index < -0.39 is 4.92 Å². The molecule has 0 radical (unpaired) electrons. The number of nitro benzene ring substituents is 1. The van der Waals surface area contributed by atoms with Crippen LogP contribution in [0.15, 0.2) is 0 Å². The number of hydrogen-bond donors (Lipinski definition) is 1. The Morgan fingerprint density at radius 3 is 2.44 bits per heavy atom. The molecule has 3 rings (SSSR count). The van der Waals surface area contributed by atoms with E-state index in [2.05, 4.69) is 0 Å². The van der Waals surface area contributed by atoms with E-state index in [-0.39, 0.29) is 22.9 Å². The number of phenols is 1. The van der Waals surface area contributed by atoms with Crippen LogP contribution in [0.4, 0.5) is 5.69 Å². The highest BCUT2D eigenvalue weighted by Crippen LogP contribution is 2.51. The van der Waals surface area contributed by atoms with Gasteiger partial charge in [0.1, 0.15) is 0 Å². The normalized spacial score (nSPS) is 16.2. The maximum absolute atomic E-state index is 11.0. The first-order valence-electron chi connectivity index (χ1n) is 5.01. The molecule has 6 heteroatoms. The minimum Gasteiger partial charge on any atom is -0.504 e. The van der Waals surface area contributed by atoms with Crippen LogP contribution in [-0.2, 0) is 12.8 Å². The number of aromatic hydroxyl groups is 1. The van der Waals surface area contributed by atoms with Gasteiger partial charge in [0.15, 0.2) is 11.5 Å². The van der Waals surface area contributed by atoms with Crippen LogP contribution in [0.3, 0.4) is 0 Å². The molecule has 0 spiro atoms. The van der Waals surface area contributed by atoms with E-state index in [4.69, 9.17) is 9.47 Å². The van der Waals surface area contributed by atoms with Crippen LogP contribution in [-0.4, -0.2) is 23.2 Å². The van der Waals surface area contributed by atoms with Gasteiger partial charge in [0.2, 0.25) is 5.75 Å². The maximum atomic E-state index is 11.0. The number of nitro groups is 1. The number of fused-ring (bicyclic) bond motifs is 2. The zero-order valence-electron chi connectivity index (χ0n) is 8.36. The lowest BCUT2D eigenvalue weighted by atomic mass is 10.0. The summed E-state index contributed by atoms with van der Waals surface area (Å²) in [6, 6.07) is 0. The van der Waals surface area contributed by atoms with Crippen molar-refractivity contribution in [3.63, 3.8) is 0 Å². The maximum Gasteiger partial charge on any atom is 0.318 e. The van der Waals surface area contributed by atoms with Gasteiger partial charge in [-0.1, -0.05) is 0 Å². The Labute approximate surface area is 90.6 Å². The zero-order chi connectivity index (χ0) is 11.3. The van der Waals surface area contributed by atoms with Crippen molar-refractivity contribution in [2.45, 2.75) is 12.8 Å². The van der Waals surface area contributed by atoms with Crippen LogP contribution >= 0.6 is 0 Å². The molecule has 0 atom stereocenters. The Morgan fingerprint density at radius 1 is 1.12 bits per heavy atom. The quantitative estimate of drug-likeness (QED) is 0.570. The van der Waals surface area contributed by atoms with Crippen molar-refractivity contribution in [3.8, 4) is 17.2 Å².